The second-order valence-corrected chi connectivity index (χ2v) is 9.18. The Hall–Kier alpha value is -3.39. The van der Waals surface area contributed by atoms with Crippen LogP contribution in [0.4, 0.5) is 4.79 Å². The molecular weight excluding hydrogens is 436 g/mol. The molecule has 180 valence electrons. The first-order valence-corrected chi connectivity index (χ1v) is 11.6. The Labute approximate surface area is 198 Å². The number of amides is 2. The number of hydrogen-bond donors (Lipinski definition) is 3. The van der Waals surface area contributed by atoms with Gasteiger partial charge in [0.1, 0.15) is 12.1 Å². The molecule has 1 aliphatic heterocycles. The highest BCUT2D eigenvalue weighted by atomic mass is 16.5. The molecule has 2 atom stereocenters. The fourth-order valence-corrected chi connectivity index (χ4v) is 4.83. The maximum absolute atomic E-state index is 13.1. The summed E-state index contributed by atoms with van der Waals surface area (Å²) in [6.07, 6.45) is 0.366. The number of fused-ring (bicyclic) bond motifs is 3. The number of hydrogen-bond acceptors (Lipinski definition) is 5. The summed E-state index contributed by atoms with van der Waals surface area (Å²) in [6.45, 7) is 3.73. The first-order valence-electron chi connectivity index (χ1n) is 11.6. The van der Waals surface area contributed by atoms with Crippen molar-refractivity contribution in [1.82, 2.24) is 10.6 Å². The van der Waals surface area contributed by atoms with Gasteiger partial charge in [-0.25, -0.2) is 9.59 Å². The second-order valence-electron chi connectivity index (χ2n) is 9.18. The summed E-state index contributed by atoms with van der Waals surface area (Å²) in [6, 6.07) is 16.1. The third kappa shape index (κ3) is 4.37. The zero-order chi connectivity index (χ0) is 24.3. The molecule has 2 aliphatic rings. The maximum Gasteiger partial charge on any atom is 0.408 e. The van der Waals surface area contributed by atoms with Crippen LogP contribution in [0.5, 0.6) is 0 Å². The van der Waals surface area contributed by atoms with E-state index in [0.717, 1.165) is 22.3 Å². The lowest BCUT2D eigenvalue weighted by Crippen LogP contribution is -2.64. The number of carboxylic acid groups (broad SMARTS) is 1. The number of carbonyl (C=O) groups excluding carboxylic acids is 2. The van der Waals surface area contributed by atoms with Gasteiger partial charge in [-0.2, -0.15) is 0 Å². The van der Waals surface area contributed by atoms with E-state index in [0.29, 0.717) is 12.8 Å². The average molecular weight is 467 g/mol. The van der Waals surface area contributed by atoms with E-state index >= 15 is 0 Å². The molecule has 0 spiro atoms. The van der Waals surface area contributed by atoms with Gasteiger partial charge in [0, 0.05) is 18.9 Å². The van der Waals surface area contributed by atoms with E-state index < -0.39 is 29.0 Å². The zero-order valence-electron chi connectivity index (χ0n) is 19.4. The SMILES string of the molecule is CCCC(C)(NC(=O)OCC1c2ccccc2-c2ccccc21)C(=O)NC1(C(=O)O)CCOC1. The fraction of sp³-hybridized carbons (Fsp3) is 0.423. The smallest absolute Gasteiger partial charge is 0.408 e. The number of benzene rings is 2. The Morgan fingerprint density at radius 3 is 2.26 bits per heavy atom. The van der Waals surface area contributed by atoms with Crippen LogP contribution in [0, 0.1) is 0 Å². The summed E-state index contributed by atoms with van der Waals surface area (Å²) in [5.41, 5.74) is 1.61. The lowest BCUT2D eigenvalue weighted by molar-refractivity contribution is -0.148. The first kappa shape index (κ1) is 23.8. The van der Waals surface area contributed by atoms with Crippen molar-refractivity contribution < 1.29 is 29.0 Å². The summed E-state index contributed by atoms with van der Waals surface area (Å²) in [5.74, 6) is -1.83. The van der Waals surface area contributed by atoms with Crippen LogP contribution in [-0.4, -0.2) is 54.0 Å². The van der Waals surface area contributed by atoms with Crippen molar-refractivity contribution in [3.63, 3.8) is 0 Å². The molecule has 1 fully saturated rings. The Kier molecular flexibility index (Phi) is 6.61. The minimum Gasteiger partial charge on any atom is -0.479 e. The van der Waals surface area contributed by atoms with Gasteiger partial charge in [-0.05, 0) is 35.6 Å². The van der Waals surface area contributed by atoms with Crippen molar-refractivity contribution >= 4 is 18.0 Å². The standard InChI is InChI=1S/C26H30N2O6/c1-3-12-25(2,22(29)27-26(23(30)31)13-14-33-16-26)28-24(32)34-15-21-19-10-6-4-8-17(19)18-9-5-7-11-20(18)21/h4-11,21H,3,12-16H2,1-2H3,(H,27,29)(H,28,32)(H,30,31). The van der Waals surface area contributed by atoms with Crippen LogP contribution in [0.15, 0.2) is 48.5 Å². The van der Waals surface area contributed by atoms with E-state index in [1.54, 1.807) is 6.92 Å². The number of carbonyl (C=O) groups is 3. The van der Waals surface area contributed by atoms with E-state index in [4.69, 9.17) is 9.47 Å². The van der Waals surface area contributed by atoms with Gasteiger partial charge in [0.25, 0.3) is 0 Å². The number of alkyl carbamates (subject to hydrolysis) is 1. The van der Waals surface area contributed by atoms with E-state index in [-0.39, 0.29) is 32.2 Å². The number of carboxylic acids is 1. The van der Waals surface area contributed by atoms with Gasteiger partial charge >= 0.3 is 12.1 Å². The van der Waals surface area contributed by atoms with E-state index in [9.17, 15) is 19.5 Å². The molecule has 2 amide bonds. The summed E-state index contributed by atoms with van der Waals surface area (Å²) >= 11 is 0. The zero-order valence-corrected chi connectivity index (χ0v) is 19.4. The molecule has 3 N–H and O–H groups in total. The molecule has 2 aromatic rings. The van der Waals surface area contributed by atoms with Crippen molar-refractivity contribution in [1.29, 1.82) is 0 Å². The van der Waals surface area contributed by atoms with Crippen LogP contribution in [0.3, 0.4) is 0 Å². The van der Waals surface area contributed by atoms with Crippen molar-refractivity contribution in [2.45, 2.75) is 50.1 Å². The highest BCUT2D eigenvalue weighted by Gasteiger charge is 2.47. The topological polar surface area (TPSA) is 114 Å². The largest absolute Gasteiger partial charge is 0.479 e. The van der Waals surface area contributed by atoms with Crippen molar-refractivity contribution in [3.05, 3.63) is 59.7 Å². The van der Waals surface area contributed by atoms with Crippen LogP contribution in [0.2, 0.25) is 0 Å². The molecule has 8 heteroatoms. The van der Waals surface area contributed by atoms with Crippen molar-refractivity contribution in [2.75, 3.05) is 19.8 Å². The number of rotatable bonds is 8. The third-order valence-corrected chi connectivity index (χ3v) is 6.76. The quantitative estimate of drug-likeness (QED) is 0.549. The molecule has 34 heavy (non-hydrogen) atoms. The molecule has 1 heterocycles. The van der Waals surface area contributed by atoms with Gasteiger partial charge in [-0.3, -0.25) is 4.79 Å². The van der Waals surface area contributed by atoms with Gasteiger partial charge in [0.05, 0.1) is 6.61 Å². The van der Waals surface area contributed by atoms with Crippen molar-refractivity contribution in [3.8, 4) is 11.1 Å². The lowest BCUT2D eigenvalue weighted by Gasteiger charge is -2.33. The molecule has 4 rings (SSSR count). The van der Waals surface area contributed by atoms with Gasteiger partial charge < -0.3 is 25.2 Å². The molecule has 0 bridgehead atoms. The van der Waals surface area contributed by atoms with Gasteiger partial charge in [0.2, 0.25) is 5.91 Å². The summed E-state index contributed by atoms with van der Waals surface area (Å²) in [7, 11) is 0. The Balaban J connectivity index is 1.45. The number of aliphatic carboxylic acids is 1. The molecule has 0 saturated carbocycles. The minimum atomic E-state index is -1.49. The average Bonchev–Trinajstić information content (AvgIpc) is 3.41. The molecule has 1 saturated heterocycles. The molecule has 8 nitrogen and oxygen atoms in total. The van der Waals surface area contributed by atoms with Crippen LogP contribution in [0.1, 0.15) is 50.2 Å². The molecule has 0 aromatic heterocycles. The van der Waals surface area contributed by atoms with Crippen LogP contribution < -0.4 is 10.6 Å². The monoisotopic (exact) mass is 466 g/mol. The molecule has 2 unspecified atom stereocenters. The van der Waals surface area contributed by atoms with Gasteiger partial charge in [-0.1, -0.05) is 61.9 Å². The molecule has 0 radical (unpaired) electrons. The lowest BCUT2D eigenvalue weighted by atomic mass is 9.91. The predicted molar refractivity (Wildman–Crippen MR) is 125 cm³/mol. The normalized spacial score (nSPS) is 20.6. The number of ether oxygens (including phenoxy) is 2. The molecular formula is C26H30N2O6. The maximum atomic E-state index is 13.1. The summed E-state index contributed by atoms with van der Waals surface area (Å²) in [4.78, 5) is 37.8. The Morgan fingerprint density at radius 1 is 1.12 bits per heavy atom. The van der Waals surface area contributed by atoms with Crippen LogP contribution in [-0.2, 0) is 19.1 Å². The second kappa shape index (κ2) is 9.46. The predicted octanol–water partition coefficient (Wildman–Crippen LogP) is 3.44. The van der Waals surface area contributed by atoms with Gasteiger partial charge in [-0.15, -0.1) is 0 Å². The minimum absolute atomic E-state index is 0.102. The molecule has 2 aromatic carbocycles. The summed E-state index contributed by atoms with van der Waals surface area (Å²) in [5, 5.41) is 15.0. The van der Waals surface area contributed by atoms with Crippen LogP contribution in [0.25, 0.3) is 11.1 Å². The van der Waals surface area contributed by atoms with Crippen molar-refractivity contribution in [2.24, 2.45) is 0 Å². The van der Waals surface area contributed by atoms with E-state index in [2.05, 4.69) is 22.8 Å². The van der Waals surface area contributed by atoms with Gasteiger partial charge in [0.15, 0.2) is 5.54 Å². The third-order valence-electron chi connectivity index (χ3n) is 6.76. The molecule has 1 aliphatic carbocycles. The van der Waals surface area contributed by atoms with E-state index in [1.807, 2.05) is 43.3 Å². The Bertz CT molecular complexity index is 1050. The Morgan fingerprint density at radius 2 is 1.74 bits per heavy atom. The summed E-state index contributed by atoms with van der Waals surface area (Å²) < 4.78 is 10.8. The number of nitrogens with one attached hydrogen (secondary N) is 2. The fourth-order valence-electron chi connectivity index (χ4n) is 4.83. The highest BCUT2D eigenvalue weighted by Crippen LogP contribution is 2.44. The first-order chi connectivity index (χ1) is 16.3. The van der Waals surface area contributed by atoms with Crippen LogP contribution >= 0.6 is 0 Å². The highest BCUT2D eigenvalue weighted by molar-refractivity contribution is 5.94. The van der Waals surface area contributed by atoms with E-state index in [1.165, 1.54) is 0 Å².